The van der Waals surface area contributed by atoms with Crippen LogP contribution in [0.5, 0.6) is 0 Å². The third-order valence-corrected chi connectivity index (χ3v) is 2.88. The highest BCUT2D eigenvalue weighted by Crippen LogP contribution is 2.26. The van der Waals surface area contributed by atoms with Gasteiger partial charge in [0.2, 0.25) is 0 Å². The van der Waals surface area contributed by atoms with E-state index in [-0.39, 0.29) is 0 Å². The molecule has 3 rings (SSSR count). The summed E-state index contributed by atoms with van der Waals surface area (Å²) in [6.45, 7) is 0. The SMILES string of the molecule is Clc1nccc2cc3ccccc3cc12. The van der Waals surface area contributed by atoms with E-state index in [1.54, 1.807) is 6.20 Å². The summed E-state index contributed by atoms with van der Waals surface area (Å²) >= 11 is 6.05. The number of nitrogens with zero attached hydrogens (tertiary/aromatic N) is 1. The molecule has 0 aliphatic rings. The van der Waals surface area contributed by atoms with Gasteiger partial charge in [0.1, 0.15) is 5.15 Å². The zero-order chi connectivity index (χ0) is 10.3. The summed E-state index contributed by atoms with van der Waals surface area (Å²) in [6, 6.07) is 14.4. The summed E-state index contributed by atoms with van der Waals surface area (Å²) in [7, 11) is 0. The summed E-state index contributed by atoms with van der Waals surface area (Å²) < 4.78 is 0. The first kappa shape index (κ1) is 8.69. The van der Waals surface area contributed by atoms with Gasteiger partial charge in [-0.1, -0.05) is 35.9 Å². The number of pyridine rings is 1. The van der Waals surface area contributed by atoms with Crippen LogP contribution in [-0.2, 0) is 0 Å². The van der Waals surface area contributed by atoms with Gasteiger partial charge in [0, 0.05) is 11.6 Å². The van der Waals surface area contributed by atoms with E-state index in [1.165, 1.54) is 10.8 Å². The number of benzene rings is 2. The van der Waals surface area contributed by atoms with Gasteiger partial charge in [0.25, 0.3) is 0 Å². The van der Waals surface area contributed by atoms with Crippen molar-refractivity contribution in [2.75, 3.05) is 0 Å². The van der Waals surface area contributed by atoms with Crippen molar-refractivity contribution in [2.45, 2.75) is 0 Å². The molecule has 72 valence electrons. The summed E-state index contributed by atoms with van der Waals surface area (Å²) in [5.41, 5.74) is 0. The lowest BCUT2D eigenvalue weighted by Crippen LogP contribution is -1.79. The van der Waals surface area contributed by atoms with Crippen LogP contribution in [0.25, 0.3) is 21.5 Å². The maximum absolute atomic E-state index is 6.05. The zero-order valence-corrected chi connectivity index (χ0v) is 8.70. The highest BCUT2D eigenvalue weighted by molar-refractivity contribution is 6.34. The monoisotopic (exact) mass is 213 g/mol. The van der Waals surface area contributed by atoms with Gasteiger partial charge in [-0.2, -0.15) is 0 Å². The number of aromatic nitrogens is 1. The van der Waals surface area contributed by atoms with E-state index in [1.807, 2.05) is 18.2 Å². The Kier molecular flexibility index (Phi) is 1.86. The van der Waals surface area contributed by atoms with E-state index in [2.05, 4.69) is 29.2 Å². The van der Waals surface area contributed by atoms with Crippen LogP contribution in [0.2, 0.25) is 5.15 Å². The fourth-order valence-electron chi connectivity index (χ4n) is 1.83. The van der Waals surface area contributed by atoms with E-state index in [0.717, 1.165) is 10.8 Å². The van der Waals surface area contributed by atoms with E-state index < -0.39 is 0 Å². The Balaban J connectivity index is 2.53. The molecule has 2 heteroatoms. The fourth-order valence-corrected chi connectivity index (χ4v) is 2.05. The second-order valence-electron chi connectivity index (χ2n) is 3.52. The number of hydrogen-bond donors (Lipinski definition) is 0. The highest BCUT2D eigenvalue weighted by atomic mass is 35.5. The van der Waals surface area contributed by atoms with E-state index in [4.69, 9.17) is 11.6 Å². The molecule has 0 saturated heterocycles. The van der Waals surface area contributed by atoms with Gasteiger partial charge in [0.05, 0.1) is 0 Å². The molecule has 0 radical (unpaired) electrons. The number of rotatable bonds is 0. The number of halogens is 1. The van der Waals surface area contributed by atoms with Crippen LogP contribution in [0.15, 0.2) is 48.7 Å². The summed E-state index contributed by atoms with van der Waals surface area (Å²) in [5.74, 6) is 0. The van der Waals surface area contributed by atoms with Crippen molar-refractivity contribution in [3.8, 4) is 0 Å². The molecule has 0 N–H and O–H groups in total. The standard InChI is InChI=1S/C13H8ClN/c14-13-12-8-10-4-2-1-3-9(10)7-11(12)5-6-15-13/h1-8H. The Hall–Kier alpha value is -1.60. The Morgan fingerprint density at radius 1 is 0.867 bits per heavy atom. The first-order chi connectivity index (χ1) is 7.34. The molecule has 0 amide bonds. The Bertz CT molecular complexity index is 646. The largest absolute Gasteiger partial charge is 0.244 e. The lowest BCUT2D eigenvalue weighted by Gasteiger charge is -2.02. The van der Waals surface area contributed by atoms with E-state index in [9.17, 15) is 0 Å². The zero-order valence-electron chi connectivity index (χ0n) is 7.94. The molecule has 3 aromatic rings. The molecule has 0 aliphatic carbocycles. The molecule has 0 aliphatic heterocycles. The maximum Gasteiger partial charge on any atom is 0.136 e. The number of hydrogen-bond acceptors (Lipinski definition) is 1. The van der Waals surface area contributed by atoms with Gasteiger partial charge >= 0.3 is 0 Å². The molecule has 1 nitrogen and oxygen atoms in total. The number of fused-ring (bicyclic) bond motifs is 2. The van der Waals surface area contributed by atoms with E-state index >= 15 is 0 Å². The first-order valence-electron chi connectivity index (χ1n) is 4.77. The van der Waals surface area contributed by atoms with Gasteiger partial charge < -0.3 is 0 Å². The topological polar surface area (TPSA) is 12.9 Å². The van der Waals surface area contributed by atoms with E-state index in [0.29, 0.717) is 5.15 Å². The van der Waals surface area contributed by atoms with Gasteiger partial charge in [-0.15, -0.1) is 0 Å². The quantitative estimate of drug-likeness (QED) is 0.406. The summed E-state index contributed by atoms with van der Waals surface area (Å²) in [6.07, 6.45) is 1.74. The van der Waals surface area contributed by atoms with Crippen molar-refractivity contribution in [3.05, 3.63) is 53.8 Å². The molecular weight excluding hydrogens is 206 g/mol. The van der Waals surface area contributed by atoms with Crippen molar-refractivity contribution in [1.82, 2.24) is 4.98 Å². The molecular formula is C13H8ClN. The van der Waals surface area contributed by atoms with Crippen LogP contribution in [0.4, 0.5) is 0 Å². The van der Waals surface area contributed by atoms with Crippen LogP contribution < -0.4 is 0 Å². The van der Waals surface area contributed by atoms with Crippen molar-refractivity contribution >= 4 is 33.1 Å². The Morgan fingerprint density at radius 2 is 1.60 bits per heavy atom. The first-order valence-corrected chi connectivity index (χ1v) is 5.15. The lowest BCUT2D eigenvalue weighted by molar-refractivity contribution is 1.37. The summed E-state index contributed by atoms with van der Waals surface area (Å²) in [4.78, 5) is 4.08. The van der Waals surface area contributed by atoms with Crippen LogP contribution in [0.3, 0.4) is 0 Å². The molecule has 1 aromatic heterocycles. The Labute approximate surface area is 92.3 Å². The molecule has 0 spiro atoms. The lowest BCUT2D eigenvalue weighted by atomic mass is 10.1. The normalized spacial score (nSPS) is 11.0. The third-order valence-electron chi connectivity index (χ3n) is 2.58. The van der Waals surface area contributed by atoms with Crippen molar-refractivity contribution in [1.29, 1.82) is 0 Å². The second-order valence-corrected chi connectivity index (χ2v) is 3.88. The van der Waals surface area contributed by atoms with Gasteiger partial charge in [-0.05, 0) is 34.4 Å². The van der Waals surface area contributed by atoms with Crippen molar-refractivity contribution in [3.63, 3.8) is 0 Å². The average Bonchev–Trinajstić information content (AvgIpc) is 2.27. The minimum Gasteiger partial charge on any atom is -0.244 e. The fraction of sp³-hybridized carbons (Fsp3) is 0. The van der Waals surface area contributed by atoms with Crippen LogP contribution in [0.1, 0.15) is 0 Å². The van der Waals surface area contributed by atoms with Crippen LogP contribution in [-0.4, -0.2) is 4.98 Å². The average molecular weight is 214 g/mol. The third kappa shape index (κ3) is 1.36. The van der Waals surface area contributed by atoms with Crippen LogP contribution in [0, 0.1) is 0 Å². The van der Waals surface area contributed by atoms with Crippen molar-refractivity contribution < 1.29 is 0 Å². The summed E-state index contributed by atoms with van der Waals surface area (Å²) in [5, 5.41) is 5.14. The van der Waals surface area contributed by atoms with Gasteiger partial charge in [0.15, 0.2) is 0 Å². The molecule has 2 aromatic carbocycles. The van der Waals surface area contributed by atoms with Gasteiger partial charge in [-0.3, -0.25) is 0 Å². The highest BCUT2D eigenvalue weighted by Gasteiger charge is 2.01. The predicted molar refractivity (Wildman–Crippen MR) is 64.3 cm³/mol. The van der Waals surface area contributed by atoms with Crippen LogP contribution >= 0.6 is 11.6 Å². The second kappa shape index (κ2) is 3.21. The molecule has 0 fully saturated rings. The minimum absolute atomic E-state index is 0.568. The smallest absolute Gasteiger partial charge is 0.136 e. The molecule has 15 heavy (non-hydrogen) atoms. The predicted octanol–water partition coefficient (Wildman–Crippen LogP) is 4.04. The Morgan fingerprint density at radius 3 is 2.40 bits per heavy atom. The molecule has 0 bridgehead atoms. The molecule has 1 heterocycles. The van der Waals surface area contributed by atoms with Crippen molar-refractivity contribution in [2.24, 2.45) is 0 Å². The molecule has 0 unspecified atom stereocenters. The van der Waals surface area contributed by atoms with Gasteiger partial charge in [-0.25, -0.2) is 4.98 Å². The minimum atomic E-state index is 0.568. The molecule has 0 saturated carbocycles. The maximum atomic E-state index is 6.05. The molecule has 0 atom stereocenters.